The average Bonchev–Trinajstić information content (AvgIpc) is 2.26. The van der Waals surface area contributed by atoms with Gasteiger partial charge in [0.2, 0.25) is 0 Å². The molecule has 0 unspecified atom stereocenters. The van der Waals surface area contributed by atoms with E-state index in [9.17, 15) is 4.79 Å². The zero-order valence-corrected chi connectivity index (χ0v) is 8.82. The first-order valence-electron chi connectivity index (χ1n) is 4.52. The lowest BCUT2D eigenvalue weighted by molar-refractivity contribution is 0.0822. The molecule has 0 aromatic carbocycles. The van der Waals surface area contributed by atoms with E-state index in [0.29, 0.717) is 12.2 Å². The lowest BCUT2D eigenvalue weighted by Crippen LogP contribution is -2.22. The van der Waals surface area contributed by atoms with Crippen molar-refractivity contribution in [2.45, 2.75) is 0 Å². The van der Waals surface area contributed by atoms with Crippen LogP contribution in [0.15, 0.2) is 18.3 Å². The Labute approximate surface area is 89.1 Å². The highest BCUT2D eigenvalue weighted by Crippen LogP contribution is 2.00. The second-order valence-corrected chi connectivity index (χ2v) is 3.14. The molecule has 0 aliphatic heterocycles. The van der Waals surface area contributed by atoms with Gasteiger partial charge in [0, 0.05) is 25.9 Å². The maximum Gasteiger partial charge on any atom is 0.271 e. The van der Waals surface area contributed by atoms with E-state index < -0.39 is 0 Å². The number of carbonyl (C=O) groups excluding carboxylic acids is 1. The molecule has 15 heavy (non-hydrogen) atoms. The molecule has 1 rings (SSSR count). The molecule has 78 valence electrons. The van der Waals surface area contributed by atoms with Crippen molar-refractivity contribution >= 4 is 5.91 Å². The van der Waals surface area contributed by atoms with Crippen LogP contribution in [0.25, 0.3) is 0 Å². The first kappa shape index (κ1) is 11.2. The molecule has 0 bridgehead atoms. The second-order valence-electron chi connectivity index (χ2n) is 3.14. The summed E-state index contributed by atoms with van der Waals surface area (Å²) in [6.07, 6.45) is 1.57. The molecule has 4 nitrogen and oxygen atoms in total. The monoisotopic (exact) mass is 203 g/mol. The number of nitrogens with two attached hydrogens (primary N) is 1. The zero-order valence-electron chi connectivity index (χ0n) is 8.82. The van der Waals surface area contributed by atoms with Gasteiger partial charge in [-0.1, -0.05) is 11.8 Å². The van der Waals surface area contributed by atoms with E-state index in [1.807, 2.05) is 0 Å². The summed E-state index contributed by atoms with van der Waals surface area (Å²) < 4.78 is 0. The number of pyridine rings is 1. The summed E-state index contributed by atoms with van der Waals surface area (Å²) in [5.41, 5.74) is 6.41. The minimum atomic E-state index is -0.117. The van der Waals surface area contributed by atoms with Gasteiger partial charge in [-0.05, 0) is 12.1 Å². The van der Waals surface area contributed by atoms with E-state index in [2.05, 4.69) is 16.8 Å². The largest absolute Gasteiger partial charge is 0.343 e. The van der Waals surface area contributed by atoms with Gasteiger partial charge in [0.15, 0.2) is 0 Å². The maximum atomic E-state index is 11.5. The fraction of sp³-hybridized carbons (Fsp3) is 0.273. The molecule has 1 amide bonds. The number of aromatic nitrogens is 1. The van der Waals surface area contributed by atoms with E-state index in [0.717, 1.165) is 5.56 Å². The molecule has 0 atom stereocenters. The third kappa shape index (κ3) is 3.08. The topological polar surface area (TPSA) is 59.2 Å². The number of nitrogens with zero attached hydrogens (tertiary/aromatic N) is 2. The van der Waals surface area contributed by atoms with Crippen LogP contribution < -0.4 is 5.73 Å². The van der Waals surface area contributed by atoms with Gasteiger partial charge in [-0.3, -0.25) is 4.79 Å². The molecule has 0 spiro atoms. The van der Waals surface area contributed by atoms with Crippen LogP contribution in [0, 0.1) is 11.8 Å². The van der Waals surface area contributed by atoms with Crippen molar-refractivity contribution in [2.75, 3.05) is 20.6 Å². The van der Waals surface area contributed by atoms with Gasteiger partial charge in [0.1, 0.15) is 5.69 Å². The molecule has 4 heteroatoms. The highest BCUT2D eigenvalue weighted by Gasteiger charge is 2.07. The molecule has 1 heterocycles. The van der Waals surface area contributed by atoms with E-state index in [1.165, 1.54) is 4.90 Å². The Kier molecular flexibility index (Phi) is 3.83. The van der Waals surface area contributed by atoms with Gasteiger partial charge in [-0.2, -0.15) is 0 Å². The third-order valence-corrected chi connectivity index (χ3v) is 1.72. The molecular formula is C11H13N3O. The normalized spacial score (nSPS) is 9.00. The van der Waals surface area contributed by atoms with Gasteiger partial charge < -0.3 is 10.6 Å². The lowest BCUT2D eigenvalue weighted by Gasteiger charge is -2.08. The predicted octanol–water partition coefficient (Wildman–Crippen LogP) is 0.0936. The van der Waals surface area contributed by atoms with Crippen LogP contribution in [0.5, 0.6) is 0 Å². The Bertz CT molecular complexity index is 398. The molecule has 0 fully saturated rings. The summed E-state index contributed by atoms with van der Waals surface area (Å²) in [6, 6.07) is 3.41. The molecular weight excluding hydrogens is 190 g/mol. The van der Waals surface area contributed by atoms with Crippen molar-refractivity contribution < 1.29 is 4.79 Å². The van der Waals surface area contributed by atoms with Gasteiger partial charge in [-0.25, -0.2) is 4.98 Å². The smallest absolute Gasteiger partial charge is 0.271 e. The Morgan fingerprint density at radius 3 is 2.73 bits per heavy atom. The Morgan fingerprint density at radius 2 is 2.27 bits per heavy atom. The number of carbonyl (C=O) groups is 1. The number of hydrogen-bond donors (Lipinski definition) is 1. The van der Waals surface area contributed by atoms with Crippen molar-refractivity contribution in [3.05, 3.63) is 29.6 Å². The van der Waals surface area contributed by atoms with Crippen LogP contribution in [0.2, 0.25) is 0 Å². The minimum absolute atomic E-state index is 0.117. The first-order valence-corrected chi connectivity index (χ1v) is 4.52. The van der Waals surface area contributed by atoms with Crippen LogP contribution in [0.1, 0.15) is 16.1 Å². The molecule has 0 aliphatic rings. The Balaban J connectivity index is 2.85. The summed E-state index contributed by atoms with van der Waals surface area (Å²) >= 11 is 0. The maximum absolute atomic E-state index is 11.5. The van der Waals surface area contributed by atoms with Crippen molar-refractivity contribution in [1.82, 2.24) is 9.88 Å². The summed E-state index contributed by atoms with van der Waals surface area (Å²) in [5, 5.41) is 0. The van der Waals surface area contributed by atoms with Crippen LogP contribution in [-0.2, 0) is 0 Å². The van der Waals surface area contributed by atoms with Crippen molar-refractivity contribution in [2.24, 2.45) is 5.73 Å². The lowest BCUT2D eigenvalue weighted by atomic mass is 10.2. The van der Waals surface area contributed by atoms with Crippen molar-refractivity contribution in [1.29, 1.82) is 0 Å². The third-order valence-electron chi connectivity index (χ3n) is 1.72. The highest BCUT2D eigenvalue weighted by atomic mass is 16.2. The molecule has 2 N–H and O–H groups in total. The van der Waals surface area contributed by atoms with Crippen LogP contribution >= 0.6 is 0 Å². The first-order chi connectivity index (χ1) is 7.15. The summed E-state index contributed by atoms with van der Waals surface area (Å²) in [6.45, 7) is 0.318. The van der Waals surface area contributed by atoms with Crippen LogP contribution in [-0.4, -0.2) is 36.4 Å². The summed E-state index contributed by atoms with van der Waals surface area (Å²) in [4.78, 5) is 17.0. The SMILES string of the molecule is CN(C)C(=O)c1ccc(C#CCN)cn1. The quantitative estimate of drug-likeness (QED) is 0.658. The Hall–Kier alpha value is -1.86. The Morgan fingerprint density at radius 1 is 1.53 bits per heavy atom. The van der Waals surface area contributed by atoms with Gasteiger partial charge in [-0.15, -0.1) is 0 Å². The predicted molar refractivity (Wildman–Crippen MR) is 58.2 cm³/mol. The second kappa shape index (κ2) is 5.13. The molecule has 1 aromatic rings. The van der Waals surface area contributed by atoms with Gasteiger partial charge in [0.05, 0.1) is 6.54 Å². The fourth-order valence-corrected chi connectivity index (χ4v) is 0.977. The minimum Gasteiger partial charge on any atom is -0.343 e. The fourth-order valence-electron chi connectivity index (χ4n) is 0.977. The van der Waals surface area contributed by atoms with Crippen molar-refractivity contribution in [3.8, 4) is 11.8 Å². The molecule has 0 radical (unpaired) electrons. The standard InChI is InChI=1S/C11H13N3O/c1-14(2)11(15)10-6-5-9(8-13-10)4-3-7-12/h5-6,8H,7,12H2,1-2H3. The van der Waals surface area contributed by atoms with Crippen LogP contribution in [0.3, 0.4) is 0 Å². The van der Waals surface area contributed by atoms with Crippen molar-refractivity contribution in [3.63, 3.8) is 0 Å². The highest BCUT2D eigenvalue weighted by molar-refractivity contribution is 5.91. The van der Waals surface area contributed by atoms with E-state index in [4.69, 9.17) is 5.73 Å². The number of amides is 1. The van der Waals surface area contributed by atoms with Crippen LogP contribution in [0.4, 0.5) is 0 Å². The van der Waals surface area contributed by atoms with Gasteiger partial charge in [0.25, 0.3) is 5.91 Å². The molecule has 0 aliphatic carbocycles. The van der Waals surface area contributed by atoms with E-state index in [1.54, 1.807) is 32.4 Å². The number of rotatable bonds is 1. The van der Waals surface area contributed by atoms with Gasteiger partial charge >= 0.3 is 0 Å². The van der Waals surface area contributed by atoms with E-state index >= 15 is 0 Å². The van der Waals surface area contributed by atoms with E-state index in [-0.39, 0.29) is 5.91 Å². The summed E-state index contributed by atoms with van der Waals surface area (Å²) in [5.74, 6) is 5.44. The number of hydrogen-bond acceptors (Lipinski definition) is 3. The average molecular weight is 203 g/mol. The summed E-state index contributed by atoms with van der Waals surface area (Å²) in [7, 11) is 3.37. The molecule has 0 saturated heterocycles. The molecule has 0 saturated carbocycles. The zero-order chi connectivity index (χ0) is 11.3. The molecule has 1 aromatic heterocycles.